The topological polar surface area (TPSA) is 57.3 Å². The third kappa shape index (κ3) is 4.24. The maximum Gasteiger partial charge on any atom is 0.214 e. The normalized spacial score (nSPS) is 23.0. The molecule has 2 atom stereocenters. The minimum atomic E-state index is 0.128. The van der Waals surface area contributed by atoms with E-state index in [2.05, 4.69) is 27.7 Å². The summed E-state index contributed by atoms with van der Waals surface area (Å²) in [4.78, 5) is 1.59. The summed E-state index contributed by atoms with van der Waals surface area (Å²) in [5, 5.41) is 13.5. The lowest BCUT2D eigenvalue weighted by Crippen LogP contribution is -3.15. The number of piperidine rings is 1. The molecule has 0 amide bonds. The van der Waals surface area contributed by atoms with Gasteiger partial charge >= 0.3 is 0 Å². The van der Waals surface area contributed by atoms with Crippen molar-refractivity contribution in [3.05, 3.63) is 40.7 Å². The lowest BCUT2D eigenvalue weighted by molar-refractivity contribution is -0.938. The molecule has 152 valence electrons. The van der Waals surface area contributed by atoms with E-state index in [4.69, 9.17) is 16.3 Å². The van der Waals surface area contributed by atoms with Crippen LogP contribution in [0.25, 0.3) is 0 Å². The molecule has 1 spiro atoms. The Kier molecular flexibility index (Phi) is 6.28. The predicted octanol–water partition coefficient (Wildman–Crippen LogP) is 2.69. The molecule has 6 nitrogen and oxygen atoms in total. The molecule has 1 aromatic carbocycles. The number of quaternary nitrogens is 1. The molecule has 2 fully saturated rings. The van der Waals surface area contributed by atoms with Crippen molar-refractivity contribution in [1.82, 2.24) is 20.2 Å². The van der Waals surface area contributed by atoms with Gasteiger partial charge in [-0.3, -0.25) is 0 Å². The van der Waals surface area contributed by atoms with Crippen molar-refractivity contribution in [2.24, 2.45) is 5.41 Å². The summed E-state index contributed by atoms with van der Waals surface area (Å²) in [7, 11) is 1.71. The van der Waals surface area contributed by atoms with E-state index in [1.54, 1.807) is 12.0 Å². The second kappa shape index (κ2) is 8.89. The van der Waals surface area contributed by atoms with Crippen molar-refractivity contribution >= 4 is 11.6 Å². The van der Waals surface area contributed by atoms with Gasteiger partial charge in [0.2, 0.25) is 5.82 Å². The summed E-state index contributed by atoms with van der Waals surface area (Å²) < 4.78 is 7.18. The monoisotopic (exact) mass is 404 g/mol. The molecule has 1 aliphatic carbocycles. The third-order valence-corrected chi connectivity index (χ3v) is 6.91. The van der Waals surface area contributed by atoms with Gasteiger partial charge in [0, 0.05) is 23.1 Å². The fourth-order valence-electron chi connectivity index (χ4n) is 5.30. The average molecular weight is 405 g/mol. The number of benzene rings is 1. The Morgan fingerprint density at radius 1 is 1.14 bits per heavy atom. The van der Waals surface area contributed by atoms with Crippen molar-refractivity contribution in [2.75, 3.05) is 26.8 Å². The molecule has 1 aliphatic heterocycles. The third-order valence-electron chi connectivity index (χ3n) is 6.66. The van der Waals surface area contributed by atoms with Gasteiger partial charge in [-0.25, -0.2) is 4.68 Å². The molecule has 4 rings (SSSR count). The van der Waals surface area contributed by atoms with E-state index in [9.17, 15) is 0 Å². The maximum absolute atomic E-state index is 6.17. The van der Waals surface area contributed by atoms with E-state index in [-0.39, 0.29) is 6.04 Å². The first-order valence-electron chi connectivity index (χ1n) is 10.6. The number of ether oxygens (including phenoxy) is 1. The zero-order valence-electron chi connectivity index (χ0n) is 16.7. The largest absolute Gasteiger partial charge is 0.383 e. The fourth-order valence-corrected chi connectivity index (χ4v) is 5.43. The molecule has 1 N–H and O–H groups in total. The molecule has 7 heteroatoms. The van der Waals surface area contributed by atoms with E-state index in [0.29, 0.717) is 18.6 Å². The van der Waals surface area contributed by atoms with Crippen LogP contribution in [0.1, 0.15) is 62.4 Å². The van der Waals surface area contributed by atoms with Crippen LogP contribution in [-0.2, 0) is 11.3 Å². The Morgan fingerprint density at radius 3 is 2.64 bits per heavy atom. The van der Waals surface area contributed by atoms with Gasteiger partial charge in [0.15, 0.2) is 6.04 Å². The highest BCUT2D eigenvalue weighted by atomic mass is 35.5. The summed E-state index contributed by atoms with van der Waals surface area (Å²) in [6.45, 7) is 3.63. The Balaban J connectivity index is 1.67. The molecule has 1 saturated carbocycles. The molecule has 1 unspecified atom stereocenters. The standard InChI is InChI=1S/C21H30ClN5O/c1-28-15-14-27-20(23-24-25-27)19(17-6-8-18(22)9-7-17)26-13-5-12-21(16-26)10-3-2-4-11-21/h6-9,19H,2-5,10-16H2,1H3/p+1/t19-/m1/s1. The van der Waals surface area contributed by atoms with Gasteiger partial charge in [-0.05, 0) is 48.2 Å². The van der Waals surface area contributed by atoms with Crippen LogP contribution in [0.3, 0.4) is 0 Å². The number of methoxy groups -OCH3 is 1. The molecular weight excluding hydrogens is 374 g/mol. The van der Waals surface area contributed by atoms with Gasteiger partial charge in [0.05, 0.1) is 26.2 Å². The van der Waals surface area contributed by atoms with Crippen molar-refractivity contribution in [2.45, 2.75) is 57.5 Å². The molecule has 1 saturated heterocycles. The Morgan fingerprint density at radius 2 is 1.89 bits per heavy atom. The van der Waals surface area contributed by atoms with Gasteiger partial charge < -0.3 is 9.64 Å². The minimum Gasteiger partial charge on any atom is -0.383 e. The van der Waals surface area contributed by atoms with Gasteiger partial charge in [-0.15, -0.1) is 5.10 Å². The van der Waals surface area contributed by atoms with Crippen LogP contribution in [0.15, 0.2) is 24.3 Å². The number of halogens is 1. The molecule has 28 heavy (non-hydrogen) atoms. The van der Waals surface area contributed by atoms with Crippen molar-refractivity contribution in [3.8, 4) is 0 Å². The number of nitrogens with one attached hydrogen (secondary N) is 1. The second-order valence-corrected chi connectivity index (χ2v) is 8.92. The first kappa shape index (κ1) is 19.8. The van der Waals surface area contributed by atoms with Crippen molar-refractivity contribution < 1.29 is 9.64 Å². The summed E-state index contributed by atoms with van der Waals surface area (Å²) in [6, 6.07) is 8.36. The number of aromatic nitrogens is 4. The number of tetrazole rings is 1. The molecule has 0 radical (unpaired) electrons. The molecule has 2 aromatic rings. The van der Waals surface area contributed by atoms with Crippen molar-refractivity contribution in [1.29, 1.82) is 0 Å². The van der Waals surface area contributed by atoms with Crippen LogP contribution in [-0.4, -0.2) is 47.0 Å². The second-order valence-electron chi connectivity index (χ2n) is 8.49. The number of hydrogen-bond donors (Lipinski definition) is 1. The molecule has 1 aromatic heterocycles. The van der Waals surface area contributed by atoms with E-state index < -0.39 is 0 Å². The fraction of sp³-hybridized carbons (Fsp3) is 0.667. The van der Waals surface area contributed by atoms with Crippen LogP contribution >= 0.6 is 11.6 Å². The van der Waals surface area contributed by atoms with E-state index in [0.717, 1.165) is 17.4 Å². The Labute approximate surface area is 172 Å². The number of likely N-dealkylation sites (tertiary alicyclic amines) is 1. The quantitative estimate of drug-likeness (QED) is 0.804. The van der Waals surface area contributed by atoms with Gasteiger partial charge in [-0.2, -0.15) is 0 Å². The van der Waals surface area contributed by atoms with Gasteiger partial charge in [0.25, 0.3) is 0 Å². The number of nitrogens with zero attached hydrogens (tertiary/aromatic N) is 4. The minimum absolute atomic E-state index is 0.128. The zero-order chi connectivity index (χ0) is 19.4. The summed E-state index contributed by atoms with van der Waals surface area (Å²) in [5.41, 5.74) is 1.74. The molecule has 2 heterocycles. The van der Waals surface area contributed by atoms with Crippen LogP contribution in [0, 0.1) is 5.41 Å². The van der Waals surface area contributed by atoms with E-state index in [1.165, 1.54) is 57.1 Å². The highest BCUT2D eigenvalue weighted by Crippen LogP contribution is 2.40. The maximum atomic E-state index is 6.17. The molecular formula is C21H31ClN5O+. The smallest absolute Gasteiger partial charge is 0.214 e. The van der Waals surface area contributed by atoms with Crippen LogP contribution in [0.5, 0.6) is 0 Å². The lowest BCUT2D eigenvalue weighted by atomic mass is 9.69. The Hall–Kier alpha value is -1.50. The highest BCUT2D eigenvalue weighted by molar-refractivity contribution is 6.30. The highest BCUT2D eigenvalue weighted by Gasteiger charge is 2.43. The van der Waals surface area contributed by atoms with Crippen LogP contribution in [0.2, 0.25) is 5.02 Å². The lowest BCUT2D eigenvalue weighted by Gasteiger charge is -2.45. The molecule has 2 aliphatic rings. The Bertz CT molecular complexity index is 751. The van der Waals surface area contributed by atoms with Crippen LogP contribution in [0.4, 0.5) is 0 Å². The summed E-state index contributed by atoms with van der Waals surface area (Å²) in [5.74, 6) is 0.933. The van der Waals surface area contributed by atoms with Gasteiger partial charge in [0.1, 0.15) is 0 Å². The zero-order valence-corrected chi connectivity index (χ0v) is 17.5. The first-order valence-corrected chi connectivity index (χ1v) is 10.9. The summed E-state index contributed by atoms with van der Waals surface area (Å²) in [6.07, 6.45) is 9.55. The van der Waals surface area contributed by atoms with E-state index in [1.807, 2.05) is 16.8 Å². The first-order chi connectivity index (χ1) is 13.7. The summed E-state index contributed by atoms with van der Waals surface area (Å²) >= 11 is 6.17. The number of hydrogen-bond acceptors (Lipinski definition) is 4. The molecule has 0 bridgehead atoms. The van der Waals surface area contributed by atoms with Crippen molar-refractivity contribution in [3.63, 3.8) is 0 Å². The number of rotatable bonds is 6. The van der Waals surface area contributed by atoms with Crippen LogP contribution < -0.4 is 4.90 Å². The SMILES string of the molecule is COCCn1nnnc1[C@@H](c1ccc(Cl)cc1)[NH+]1CCCC2(CCCCC2)C1. The van der Waals surface area contributed by atoms with E-state index >= 15 is 0 Å². The predicted molar refractivity (Wildman–Crippen MR) is 108 cm³/mol. The van der Waals surface area contributed by atoms with Gasteiger partial charge in [-0.1, -0.05) is 43.0 Å². The average Bonchev–Trinajstić information content (AvgIpc) is 3.17.